The van der Waals surface area contributed by atoms with Gasteiger partial charge in [-0.15, -0.1) is 0 Å². The van der Waals surface area contributed by atoms with Gasteiger partial charge in [0.25, 0.3) is 0 Å². The average molecular weight is 276 g/mol. The molecule has 2 N–H and O–H groups in total. The van der Waals surface area contributed by atoms with Crippen molar-refractivity contribution in [3.05, 3.63) is 35.4 Å². The summed E-state index contributed by atoms with van der Waals surface area (Å²) in [6.07, 6.45) is 1.73. The van der Waals surface area contributed by atoms with E-state index in [0.29, 0.717) is 17.9 Å². The number of nitrogens with two attached hydrogens (primary N) is 1. The lowest BCUT2D eigenvalue weighted by molar-refractivity contribution is 0.0450. The first-order chi connectivity index (χ1) is 9.55. The largest absolute Gasteiger partial charge is 0.455 e. The molecule has 0 bridgehead atoms. The minimum atomic E-state index is -0.370. The Labute approximate surface area is 118 Å². The number of nitrogens with zero attached hydrogens (tertiary/aromatic N) is 3. The van der Waals surface area contributed by atoms with Crippen molar-refractivity contribution in [1.29, 1.82) is 0 Å². The van der Waals surface area contributed by atoms with Crippen LogP contribution in [0.4, 0.5) is 5.69 Å². The number of hydrogen-bond acceptors (Lipinski definition) is 4. The Kier molecular flexibility index (Phi) is 4.12. The Balaban J connectivity index is 2.08. The lowest BCUT2D eigenvalue weighted by Crippen LogP contribution is -2.13. The molecule has 6 heteroatoms. The molecule has 2 heterocycles. The number of carbonyl (C=O) groups excluding carboxylic acids is 1. The van der Waals surface area contributed by atoms with Gasteiger partial charge in [-0.05, 0) is 32.9 Å². The normalized spacial score (nSPS) is 10.8. The highest BCUT2D eigenvalue weighted by Gasteiger charge is 2.15. The van der Waals surface area contributed by atoms with E-state index in [1.807, 2.05) is 31.5 Å². The molecule has 2 aromatic heterocycles. The molecule has 0 aromatic carbocycles. The molecule has 0 fully saturated rings. The number of hydrogen-bond donors (Lipinski definition) is 1. The van der Waals surface area contributed by atoms with E-state index in [9.17, 15) is 4.79 Å². The van der Waals surface area contributed by atoms with Gasteiger partial charge in [-0.3, -0.25) is 4.68 Å². The topological polar surface area (TPSA) is 75.1 Å². The minimum absolute atomic E-state index is 0.211. The molecule has 0 spiro atoms. The van der Waals surface area contributed by atoms with Crippen molar-refractivity contribution in [3.63, 3.8) is 0 Å². The predicted molar refractivity (Wildman–Crippen MR) is 76.3 cm³/mol. The summed E-state index contributed by atoms with van der Waals surface area (Å²) in [6.45, 7) is 7.50. The molecule has 0 aliphatic carbocycles. The van der Waals surface area contributed by atoms with Gasteiger partial charge >= 0.3 is 5.97 Å². The highest BCUT2D eigenvalue weighted by molar-refractivity contribution is 5.89. The van der Waals surface area contributed by atoms with Crippen LogP contribution in [-0.4, -0.2) is 20.3 Å². The maximum absolute atomic E-state index is 12.1. The monoisotopic (exact) mass is 276 g/mol. The van der Waals surface area contributed by atoms with Gasteiger partial charge in [-0.2, -0.15) is 5.10 Å². The van der Waals surface area contributed by atoms with Crippen LogP contribution in [0.3, 0.4) is 0 Å². The van der Waals surface area contributed by atoms with Gasteiger partial charge in [0, 0.05) is 19.3 Å². The van der Waals surface area contributed by atoms with E-state index in [0.717, 1.165) is 17.9 Å². The van der Waals surface area contributed by atoms with Gasteiger partial charge in [-0.1, -0.05) is 0 Å². The smallest absolute Gasteiger partial charge is 0.355 e. The first-order valence-corrected chi connectivity index (χ1v) is 6.71. The third kappa shape index (κ3) is 2.84. The van der Waals surface area contributed by atoms with Crippen LogP contribution in [0.15, 0.2) is 18.3 Å². The van der Waals surface area contributed by atoms with Crippen LogP contribution >= 0.6 is 0 Å². The molecule has 0 aliphatic rings. The third-order valence-electron chi connectivity index (χ3n) is 3.10. The molecular weight excluding hydrogens is 256 g/mol. The van der Waals surface area contributed by atoms with E-state index in [1.54, 1.807) is 16.8 Å². The molecular formula is C14H20N4O2. The van der Waals surface area contributed by atoms with Gasteiger partial charge in [0.1, 0.15) is 12.3 Å². The summed E-state index contributed by atoms with van der Waals surface area (Å²) in [7, 11) is 0. The van der Waals surface area contributed by atoms with Crippen LogP contribution in [0.25, 0.3) is 0 Å². The van der Waals surface area contributed by atoms with Gasteiger partial charge in [0.05, 0.1) is 17.1 Å². The Morgan fingerprint density at radius 1 is 1.35 bits per heavy atom. The Bertz CT molecular complexity index is 613. The lowest BCUT2D eigenvalue weighted by atomic mass is 10.3. The van der Waals surface area contributed by atoms with Crippen LogP contribution in [0.2, 0.25) is 0 Å². The number of aromatic nitrogens is 3. The number of anilines is 1. The first kappa shape index (κ1) is 14.2. The Morgan fingerprint density at radius 2 is 2.10 bits per heavy atom. The molecule has 6 nitrogen and oxygen atoms in total. The van der Waals surface area contributed by atoms with Crippen LogP contribution in [0.1, 0.15) is 35.7 Å². The molecule has 20 heavy (non-hydrogen) atoms. The van der Waals surface area contributed by atoms with Crippen molar-refractivity contribution in [2.24, 2.45) is 0 Å². The fraction of sp³-hybridized carbons (Fsp3) is 0.429. The molecule has 0 saturated heterocycles. The fourth-order valence-corrected chi connectivity index (χ4v) is 2.17. The highest BCUT2D eigenvalue weighted by atomic mass is 16.5. The molecule has 0 amide bonds. The van der Waals surface area contributed by atoms with Crippen molar-refractivity contribution in [2.75, 3.05) is 5.73 Å². The zero-order valence-corrected chi connectivity index (χ0v) is 12.1. The Hall–Kier alpha value is -2.24. The standard InChI is InChI=1S/C14H20N4O2/c1-4-17-8-11(15)7-13(17)14(19)20-9-12-6-10(3)16-18(12)5-2/h6-8H,4-5,9,15H2,1-3H3. The molecule has 2 aromatic rings. The van der Waals surface area contributed by atoms with Crippen LogP contribution in [-0.2, 0) is 24.4 Å². The zero-order chi connectivity index (χ0) is 14.7. The second-order valence-electron chi connectivity index (χ2n) is 4.61. The molecule has 0 saturated carbocycles. The molecule has 108 valence electrons. The number of aryl methyl sites for hydroxylation is 3. The quantitative estimate of drug-likeness (QED) is 0.847. The highest BCUT2D eigenvalue weighted by Crippen LogP contribution is 2.13. The number of carbonyl (C=O) groups is 1. The van der Waals surface area contributed by atoms with E-state index in [2.05, 4.69) is 5.10 Å². The Morgan fingerprint density at radius 3 is 2.75 bits per heavy atom. The van der Waals surface area contributed by atoms with Crippen molar-refractivity contribution < 1.29 is 9.53 Å². The van der Waals surface area contributed by atoms with Crippen molar-refractivity contribution in [1.82, 2.24) is 14.3 Å². The molecule has 0 atom stereocenters. The summed E-state index contributed by atoms with van der Waals surface area (Å²) in [5.74, 6) is -0.370. The van der Waals surface area contributed by atoms with Crippen molar-refractivity contribution in [3.8, 4) is 0 Å². The summed E-state index contributed by atoms with van der Waals surface area (Å²) in [4.78, 5) is 12.1. The molecule has 0 aliphatic heterocycles. The predicted octanol–water partition coefficient (Wildman–Crippen LogP) is 1.97. The zero-order valence-electron chi connectivity index (χ0n) is 12.1. The summed E-state index contributed by atoms with van der Waals surface area (Å²) in [6, 6.07) is 3.55. The average Bonchev–Trinajstić information content (AvgIpc) is 2.98. The van der Waals surface area contributed by atoms with Crippen molar-refractivity contribution >= 4 is 11.7 Å². The molecule has 2 rings (SSSR count). The van der Waals surface area contributed by atoms with Crippen LogP contribution in [0.5, 0.6) is 0 Å². The maximum Gasteiger partial charge on any atom is 0.355 e. The van der Waals surface area contributed by atoms with Crippen LogP contribution < -0.4 is 5.73 Å². The van der Waals surface area contributed by atoms with E-state index in [1.165, 1.54) is 0 Å². The minimum Gasteiger partial charge on any atom is -0.455 e. The number of ether oxygens (including phenoxy) is 1. The van der Waals surface area contributed by atoms with E-state index >= 15 is 0 Å². The number of esters is 1. The van der Waals surface area contributed by atoms with Gasteiger partial charge in [-0.25, -0.2) is 4.79 Å². The van der Waals surface area contributed by atoms with Gasteiger partial charge in [0.15, 0.2) is 0 Å². The van der Waals surface area contributed by atoms with Crippen molar-refractivity contribution in [2.45, 2.75) is 40.5 Å². The third-order valence-corrected chi connectivity index (χ3v) is 3.10. The summed E-state index contributed by atoms with van der Waals surface area (Å²) < 4.78 is 8.96. The second kappa shape index (κ2) is 5.81. The fourth-order valence-electron chi connectivity index (χ4n) is 2.17. The van der Waals surface area contributed by atoms with E-state index < -0.39 is 0 Å². The second-order valence-corrected chi connectivity index (χ2v) is 4.61. The number of nitrogen functional groups attached to an aromatic ring is 1. The number of rotatable bonds is 5. The summed E-state index contributed by atoms with van der Waals surface area (Å²) in [5, 5.41) is 4.32. The summed E-state index contributed by atoms with van der Waals surface area (Å²) in [5.41, 5.74) is 8.55. The molecule has 0 radical (unpaired) electrons. The van der Waals surface area contributed by atoms with Gasteiger partial charge < -0.3 is 15.0 Å². The first-order valence-electron chi connectivity index (χ1n) is 6.71. The maximum atomic E-state index is 12.1. The SMILES string of the molecule is CCn1cc(N)cc1C(=O)OCc1cc(C)nn1CC. The summed E-state index contributed by atoms with van der Waals surface area (Å²) >= 11 is 0. The lowest BCUT2D eigenvalue weighted by Gasteiger charge is -2.08. The van der Waals surface area contributed by atoms with E-state index in [-0.39, 0.29) is 12.6 Å². The van der Waals surface area contributed by atoms with E-state index in [4.69, 9.17) is 10.5 Å². The van der Waals surface area contributed by atoms with Crippen LogP contribution in [0, 0.1) is 6.92 Å². The van der Waals surface area contributed by atoms with Gasteiger partial charge in [0.2, 0.25) is 0 Å². The molecule has 0 unspecified atom stereocenters.